The van der Waals surface area contributed by atoms with Crippen molar-refractivity contribution in [3.63, 3.8) is 0 Å². The minimum Gasteiger partial charge on any atom is -0.497 e. The van der Waals surface area contributed by atoms with Gasteiger partial charge >= 0.3 is 0 Å². The van der Waals surface area contributed by atoms with Gasteiger partial charge < -0.3 is 14.2 Å². The molecule has 0 fully saturated rings. The summed E-state index contributed by atoms with van der Waals surface area (Å²) in [6.07, 6.45) is 0. The number of hydrogen-bond donors (Lipinski definition) is 1. The Labute approximate surface area is 133 Å². The molecule has 118 valence electrons. The van der Waals surface area contributed by atoms with Crippen molar-refractivity contribution in [3.8, 4) is 17.2 Å². The van der Waals surface area contributed by atoms with Crippen LogP contribution in [0.1, 0.15) is 22.8 Å². The summed E-state index contributed by atoms with van der Waals surface area (Å²) >= 11 is 0. The van der Waals surface area contributed by atoms with E-state index in [1.165, 1.54) is 0 Å². The number of carbonyl (C=O) groups excluding carboxylic acids is 1. The molecule has 1 aliphatic rings. The Hall–Kier alpha value is -3.02. The Morgan fingerprint density at radius 1 is 1.09 bits per heavy atom. The SMILES string of the molecule is COc1ccc(C(=O)N/N=C(/C)c2ccc3c(c2)OCO3)cc1. The number of methoxy groups -OCH3 is 1. The second-order valence-electron chi connectivity index (χ2n) is 4.93. The van der Waals surface area contributed by atoms with Gasteiger partial charge in [0.25, 0.3) is 5.91 Å². The van der Waals surface area contributed by atoms with Crippen molar-refractivity contribution in [1.82, 2.24) is 5.43 Å². The molecule has 6 heteroatoms. The summed E-state index contributed by atoms with van der Waals surface area (Å²) in [7, 11) is 1.58. The molecule has 0 aromatic heterocycles. The molecule has 0 bridgehead atoms. The molecule has 0 saturated carbocycles. The number of rotatable bonds is 4. The van der Waals surface area contributed by atoms with Crippen molar-refractivity contribution >= 4 is 11.6 Å². The van der Waals surface area contributed by atoms with Gasteiger partial charge in [-0.2, -0.15) is 5.10 Å². The fourth-order valence-corrected chi connectivity index (χ4v) is 2.13. The second-order valence-corrected chi connectivity index (χ2v) is 4.93. The molecule has 0 radical (unpaired) electrons. The summed E-state index contributed by atoms with van der Waals surface area (Å²) in [4.78, 5) is 12.1. The molecule has 0 atom stereocenters. The van der Waals surface area contributed by atoms with Gasteiger partial charge in [-0.1, -0.05) is 0 Å². The van der Waals surface area contributed by atoms with Crippen LogP contribution in [0, 0.1) is 0 Å². The first-order valence-corrected chi connectivity index (χ1v) is 7.06. The molecule has 0 aliphatic carbocycles. The van der Waals surface area contributed by atoms with E-state index >= 15 is 0 Å². The van der Waals surface area contributed by atoms with Crippen molar-refractivity contribution < 1.29 is 19.0 Å². The smallest absolute Gasteiger partial charge is 0.271 e. The number of hydrogen-bond acceptors (Lipinski definition) is 5. The molecule has 2 aromatic rings. The average molecular weight is 312 g/mol. The third kappa shape index (κ3) is 3.26. The van der Waals surface area contributed by atoms with E-state index in [0.29, 0.717) is 28.5 Å². The van der Waals surface area contributed by atoms with Crippen molar-refractivity contribution in [2.45, 2.75) is 6.92 Å². The third-order valence-corrected chi connectivity index (χ3v) is 3.47. The molecule has 6 nitrogen and oxygen atoms in total. The number of nitrogens with zero attached hydrogens (tertiary/aromatic N) is 1. The number of benzene rings is 2. The van der Waals surface area contributed by atoms with Crippen molar-refractivity contribution in [1.29, 1.82) is 0 Å². The van der Waals surface area contributed by atoms with Crippen molar-refractivity contribution in [3.05, 3.63) is 53.6 Å². The van der Waals surface area contributed by atoms with Crippen LogP contribution in [0.5, 0.6) is 17.2 Å². The largest absolute Gasteiger partial charge is 0.497 e. The van der Waals surface area contributed by atoms with E-state index < -0.39 is 0 Å². The first-order valence-electron chi connectivity index (χ1n) is 7.06. The van der Waals surface area contributed by atoms with Crippen molar-refractivity contribution in [2.24, 2.45) is 5.10 Å². The fourth-order valence-electron chi connectivity index (χ4n) is 2.13. The van der Waals surface area contributed by atoms with Gasteiger partial charge in [0.15, 0.2) is 11.5 Å². The topological polar surface area (TPSA) is 69.2 Å². The number of amides is 1. The Morgan fingerprint density at radius 2 is 1.78 bits per heavy atom. The van der Waals surface area contributed by atoms with E-state index in [4.69, 9.17) is 14.2 Å². The van der Waals surface area contributed by atoms with E-state index in [9.17, 15) is 4.79 Å². The van der Waals surface area contributed by atoms with Gasteiger partial charge in [0, 0.05) is 11.1 Å². The number of ether oxygens (including phenoxy) is 3. The summed E-state index contributed by atoms with van der Waals surface area (Å²) in [6.45, 7) is 2.04. The summed E-state index contributed by atoms with van der Waals surface area (Å²) in [5.74, 6) is 1.80. The predicted molar refractivity (Wildman–Crippen MR) is 85.2 cm³/mol. The number of nitrogens with one attached hydrogen (secondary N) is 1. The van der Waals surface area contributed by atoms with Crippen LogP contribution in [-0.4, -0.2) is 25.5 Å². The molecule has 3 rings (SSSR count). The first kappa shape index (κ1) is 14.9. The van der Waals surface area contributed by atoms with E-state index in [1.807, 2.05) is 25.1 Å². The first-order chi connectivity index (χ1) is 11.2. The Kier molecular flexibility index (Phi) is 4.14. The van der Waals surface area contributed by atoms with Crippen molar-refractivity contribution in [2.75, 3.05) is 13.9 Å². The summed E-state index contributed by atoms with van der Waals surface area (Å²) in [5, 5.41) is 4.13. The van der Waals surface area contributed by atoms with Crippen LogP contribution in [0.4, 0.5) is 0 Å². The lowest BCUT2D eigenvalue weighted by Crippen LogP contribution is -2.19. The molecule has 1 amide bonds. The van der Waals surface area contributed by atoms with Gasteiger partial charge in [0.2, 0.25) is 6.79 Å². The highest BCUT2D eigenvalue weighted by atomic mass is 16.7. The molecule has 0 unspecified atom stereocenters. The number of hydrazone groups is 1. The molecule has 0 spiro atoms. The summed E-state index contributed by atoms with van der Waals surface area (Å²) in [5.41, 5.74) is 4.57. The van der Waals surface area contributed by atoms with E-state index in [1.54, 1.807) is 31.4 Å². The van der Waals surface area contributed by atoms with Crippen LogP contribution < -0.4 is 19.6 Å². The Morgan fingerprint density at radius 3 is 2.52 bits per heavy atom. The molecule has 0 saturated heterocycles. The van der Waals surface area contributed by atoms with Gasteiger partial charge in [-0.3, -0.25) is 4.79 Å². The van der Waals surface area contributed by atoms with Gasteiger partial charge in [-0.15, -0.1) is 0 Å². The van der Waals surface area contributed by atoms with E-state index in [-0.39, 0.29) is 12.7 Å². The second kappa shape index (κ2) is 6.39. The van der Waals surface area contributed by atoms with E-state index in [2.05, 4.69) is 10.5 Å². The Bertz CT molecular complexity index is 754. The number of fused-ring (bicyclic) bond motifs is 1. The van der Waals surface area contributed by atoms with Gasteiger partial charge in [0.1, 0.15) is 5.75 Å². The van der Waals surface area contributed by atoms with Crippen LogP contribution >= 0.6 is 0 Å². The fraction of sp³-hybridized carbons (Fsp3) is 0.176. The third-order valence-electron chi connectivity index (χ3n) is 3.47. The van der Waals surface area contributed by atoms with Crippen LogP contribution in [0.25, 0.3) is 0 Å². The van der Waals surface area contributed by atoms with Gasteiger partial charge in [-0.05, 0) is 49.4 Å². The zero-order valence-corrected chi connectivity index (χ0v) is 12.8. The number of carbonyl (C=O) groups is 1. The molecular formula is C17H16N2O4. The van der Waals surface area contributed by atoms with E-state index in [0.717, 1.165) is 5.56 Å². The maximum absolute atomic E-state index is 12.1. The van der Waals surface area contributed by atoms with Gasteiger partial charge in [0.05, 0.1) is 12.8 Å². The zero-order chi connectivity index (χ0) is 16.2. The summed E-state index contributed by atoms with van der Waals surface area (Å²) in [6, 6.07) is 12.3. The standard InChI is InChI=1S/C17H16N2O4/c1-11(13-5-8-15-16(9-13)23-10-22-15)18-19-17(20)12-3-6-14(21-2)7-4-12/h3-9H,10H2,1-2H3,(H,19,20)/b18-11-. The van der Waals surface area contributed by atoms with Crippen LogP contribution in [0.15, 0.2) is 47.6 Å². The highest BCUT2D eigenvalue weighted by Crippen LogP contribution is 2.32. The lowest BCUT2D eigenvalue weighted by Gasteiger charge is -2.05. The monoisotopic (exact) mass is 312 g/mol. The lowest BCUT2D eigenvalue weighted by atomic mass is 10.1. The zero-order valence-electron chi connectivity index (χ0n) is 12.8. The Balaban J connectivity index is 1.69. The van der Waals surface area contributed by atoms with Crippen LogP contribution in [-0.2, 0) is 0 Å². The average Bonchev–Trinajstić information content (AvgIpc) is 3.07. The lowest BCUT2D eigenvalue weighted by molar-refractivity contribution is 0.0955. The highest BCUT2D eigenvalue weighted by Gasteiger charge is 2.14. The minimum absolute atomic E-state index is 0.225. The maximum Gasteiger partial charge on any atom is 0.271 e. The summed E-state index contributed by atoms with van der Waals surface area (Å²) < 4.78 is 15.7. The normalized spacial score (nSPS) is 12.9. The quantitative estimate of drug-likeness (QED) is 0.696. The molecule has 1 heterocycles. The highest BCUT2D eigenvalue weighted by molar-refractivity contribution is 6.01. The van der Waals surface area contributed by atoms with Gasteiger partial charge in [-0.25, -0.2) is 5.43 Å². The maximum atomic E-state index is 12.1. The predicted octanol–water partition coefficient (Wildman–Crippen LogP) is 2.58. The molecule has 1 aliphatic heterocycles. The minimum atomic E-state index is -0.284. The molecule has 23 heavy (non-hydrogen) atoms. The van der Waals surface area contributed by atoms with Crippen LogP contribution in [0.2, 0.25) is 0 Å². The molecule has 1 N–H and O–H groups in total. The van der Waals surface area contributed by atoms with Crippen LogP contribution in [0.3, 0.4) is 0 Å². The molecular weight excluding hydrogens is 296 g/mol. The molecule has 2 aromatic carbocycles.